The molecule has 1 aromatic rings. The van der Waals surface area contributed by atoms with Gasteiger partial charge in [0.25, 0.3) is 0 Å². The van der Waals surface area contributed by atoms with E-state index in [1.165, 1.54) is 0 Å². The van der Waals surface area contributed by atoms with Crippen molar-refractivity contribution in [2.24, 2.45) is 5.92 Å². The average Bonchev–Trinajstić information content (AvgIpc) is 2.37. The quantitative estimate of drug-likeness (QED) is 0.713. The monoisotopic (exact) mass is 265 g/mol. The molecule has 0 aliphatic rings. The molecule has 0 aliphatic carbocycles. The molecule has 2 N–H and O–H groups in total. The van der Waals surface area contributed by atoms with Gasteiger partial charge < -0.3 is 19.7 Å². The van der Waals surface area contributed by atoms with Crippen LogP contribution in [0.1, 0.15) is 20.8 Å². The molecule has 5 heteroatoms. The number of ether oxygens (including phenoxy) is 1. The van der Waals surface area contributed by atoms with E-state index in [4.69, 9.17) is 14.8 Å². The summed E-state index contributed by atoms with van der Waals surface area (Å²) in [5.74, 6) is 1.27. The molecule has 0 heterocycles. The number of benzene rings is 1. The molecule has 0 amide bonds. The lowest BCUT2D eigenvalue weighted by atomic mass is 9.80. The van der Waals surface area contributed by atoms with Crippen LogP contribution in [0.2, 0.25) is 0 Å². The topological polar surface area (TPSA) is 52.9 Å². The third kappa shape index (κ3) is 5.23. The summed E-state index contributed by atoms with van der Waals surface area (Å²) >= 11 is 0. The van der Waals surface area contributed by atoms with Crippen molar-refractivity contribution >= 4 is 12.6 Å². The van der Waals surface area contributed by atoms with Gasteiger partial charge in [-0.1, -0.05) is 26.0 Å². The van der Waals surface area contributed by atoms with Gasteiger partial charge in [-0.3, -0.25) is 0 Å². The fourth-order valence-corrected chi connectivity index (χ4v) is 1.79. The molecule has 1 aromatic carbocycles. The lowest BCUT2D eigenvalue weighted by Crippen LogP contribution is -2.36. The molecule has 0 saturated carbocycles. The summed E-state index contributed by atoms with van der Waals surface area (Å²) in [7, 11) is 0.634. The highest BCUT2D eigenvalue weighted by Gasteiger charge is 2.13. The molecule has 106 valence electrons. The first-order valence-electron chi connectivity index (χ1n) is 6.71. The second kappa shape index (κ2) is 7.53. The summed E-state index contributed by atoms with van der Waals surface area (Å²) < 4.78 is 5.63. The van der Waals surface area contributed by atoms with Crippen LogP contribution >= 0.6 is 0 Å². The highest BCUT2D eigenvalue weighted by molar-refractivity contribution is 6.58. The Morgan fingerprint density at radius 3 is 2.53 bits per heavy atom. The molecule has 0 aromatic heterocycles. The maximum atomic E-state index is 9.09. The Morgan fingerprint density at radius 2 is 1.95 bits per heavy atom. The van der Waals surface area contributed by atoms with Gasteiger partial charge in [-0.25, -0.2) is 0 Å². The van der Waals surface area contributed by atoms with E-state index in [0.29, 0.717) is 29.8 Å². The molecule has 19 heavy (non-hydrogen) atoms. The van der Waals surface area contributed by atoms with E-state index >= 15 is 0 Å². The Hall–Kier alpha value is -1.04. The van der Waals surface area contributed by atoms with Gasteiger partial charge in [-0.05, 0) is 37.5 Å². The molecule has 1 rings (SSSR count). The highest BCUT2D eigenvalue weighted by Crippen LogP contribution is 2.10. The molecule has 0 fully saturated rings. The van der Waals surface area contributed by atoms with Crippen LogP contribution in [0.25, 0.3) is 0 Å². The van der Waals surface area contributed by atoms with E-state index in [2.05, 4.69) is 32.7 Å². The minimum absolute atomic E-state index is 0.446. The zero-order chi connectivity index (χ0) is 14.4. The SMILES string of the molecule is CC(C)C(C)N(C)CCOc1cccc(B(O)O)c1. The van der Waals surface area contributed by atoms with E-state index in [1.807, 2.05) is 6.07 Å². The van der Waals surface area contributed by atoms with Gasteiger partial charge in [0.05, 0.1) is 0 Å². The van der Waals surface area contributed by atoms with E-state index in [9.17, 15) is 0 Å². The maximum Gasteiger partial charge on any atom is 0.488 e. The molecule has 0 radical (unpaired) electrons. The molecule has 1 atom stereocenters. The first-order valence-corrected chi connectivity index (χ1v) is 6.71. The normalized spacial score (nSPS) is 12.8. The summed E-state index contributed by atoms with van der Waals surface area (Å²) in [4.78, 5) is 2.26. The Bertz CT molecular complexity index is 385. The van der Waals surface area contributed by atoms with Crippen LogP contribution in [-0.2, 0) is 0 Å². The van der Waals surface area contributed by atoms with E-state index in [0.717, 1.165) is 6.54 Å². The highest BCUT2D eigenvalue weighted by atomic mass is 16.5. The summed E-state index contributed by atoms with van der Waals surface area (Å²) in [5, 5.41) is 18.2. The Morgan fingerprint density at radius 1 is 1.26 bits per heavy atom. The summed E-state index contributed by atoms with van der Waals surface area (Å²) in [6.45, 7) is 8.03. The molecule has 4 nitrogen and oxygen atoms in total. The van der Waals surface area contributed by atoms with Crippen molar-refractivity contribution in [2.45, 2.75) is 26.8 Å². The fourth-order valence-electron chi connectivity index (χ4n) is 1.79. The van der Waals surface area contributed by atoms with Crippen LogP contribution in [0.4, 0.5) is 0 Å². The second-order valence-electron chi connectivity index (χ2n) is 5.26. The predicted octanol–water partition coefficient (Wildman–Crippen LogP) is 0.722. The van der Waals surface area contributed by atoms with Crippen molar-refractivity contribution in [3.05, 3.63) is 24.3 Å². The van der Waals surface area contributed by atoms with Crippen LogP contribution < -0.4 is 10.2 Å². The van der Waals surface area contributed by atoms with Gasteiger partial charge in [-0.2, -0.15) is 0 Å². The van der Waals surface area contributed by atoms with Crippen molar-refractivity contribution < 1.29 is 14.8 Å². The molecule has 0 bridgehead atoms. The van der Waals surface area contributed by atoms with Gasteiger partial charge in [0.2, 0.25) is 0 Å². The molecule has 0 spiro atoms. The lowest BCUT2D eigenvalue weighted by Gasteiger charge is -2.27. The first-order chi connectivity index (χ1) is 8.91. The van der Waals surface area contributed by atoms with Crippen molar-refractivity contribution in [3.8, 4) is 5.75 Å². The maximum absolute atomic E-state index is 9.09. The van der Waals surface area contributed by atoms with Gasteiger partial charge in [0.15, 0.2) is 0 Å². The van der Waals surface area contributed by atoms with Crippen molar-refractivity contribution in [1.29, 1.82) is 0 Å². The smallest absolute Gasteiger partial charge is 0.488 e. The van der Waals surface area contributed by atoms with Crippen LogP contribution in [0.15, 0.2) is 24.3 Å². The molecule has 0 saturated heterocycles. The molecular formula is C14H24BNO3. The van der Waals surface area contributed by atoms with Crippen LogP contribution in [0, 0.1) is 5.92 Å². The number of hydrogen-bond donors (Lipinski definition) is 2. The standard InChI is InChI=1S/C14H24BNO3/c1-11(2)12(3)16(4)8-9-19-14-7-5-6-13(10-14)15(17)18/h5-7,10-12,17-18H,8-9H2,1-4H3. The summed E-state index contributed by atoms with van der Waals surface area (Å²) in [6, 6.07) is 7.39. The number of likely N-dealkylation sites (N-methyl/N-ethyl adjacent to an activating group) is 1. The van der Waals surface area contributed by atoms with Crippen molar-refractivity contribution in [3.63, 3.8) is 0 Å². The molecule has 1 unspecified atom stereocenters. The van der Waals surface area contributed by atoms with Crippen LogP contribution in [-0.4, -0.2) is 48.3 Å². The average molecular weight is 265 g/mol. The zero-order valence-corrected chi connectivity index (χ0v) is 12.2. The van der Waals surface area contributed by atoms with E-state index in [1.54, 1.807) is 18.2 Å². The van der Waals surface area contributed by atoms with Gasteiger partial charge >= 0.3 is 7.12 Å². The number of rotatable bonds is 7. The fraction of sp³-hybridized carbons (Fsp3) is 0.571. The minimum Gasteiger partial charge on any atom is -0.492 e. The zero-order valence-electron chi connectivity index (χ0n) is 12.2. The van der Waals surface area contributed by atoms with Crippen molar-refractivity contribution in [2.75, 3.05) is 20.2 Å². The van der Waals surface area contributed by atoms with Gasteiger partial charge in [-0.15, -0.1) is 0 Å². The number of nitrogens with zero attached hydrogens (tertiary/aromatic N) is 1. The van der Waals surface area contributed by atoms with Crippen molar-refractivity contribution in [1.82, 2.24) is 4.90 Å². The second-order valence-corrected chi connectivity index (χ2v) is 5.26. The predicted molar refractivity (Wildman–Crippen MR) is 78.7 cm³/mol. The van der Waals surface area contributed by atoms with E-state index < -0.39 is 7.12 Å². The Balaban J connectivity index is 2.43. The first kappa shape index (κ1) is 16.0. The van der Waals surface area contributed by atoms with Crippen LogP contribution in [0.5, 0.6) is 5.75 Å². The van der Waals surface area contributed by atoms with Crippen LogP contribution in [0.3, 0.4) is 0 Å². The summed E-state index contributed by atoms with van der Waals surface area (Å²) in [5.41, 5.74) is 0.446. The van der Waals surface area contributed by atoms with E-state index in [-0.39, 0.29) is 0 Å². The molecule has 0 aliphatic heterocycles. The van der Waals surface area contributed by atoms with Gasteiger partial charge in [0.1, 0.15) is 12.4 Å². The van der Waals surface area contributed by atoms with Gasteiger partial charge in [0, 0.05) is 12.6 Å². The number of hydrogen-bond acceptors (Lipinski definition) is 4. The summed E-state index contributed by atoms with van der Waals surface area (Å²) in [6.07, 6.45) is 0. The largest absolute Gasteiger partial charge is 0.492 e. The third-order valence-electron chi connectivity index (χ3n) is 3.53. The lowest BCUT2D eigenvalue weighted by molar-refractivity contribution is 0.170. The third-order valence-corrected chi connectivity index (χ3v) is 3.53. The Labute approximate surface area is 116 Å². The Kier molecular flexibility index (Phi) is 6.35. The minimum atomic E-state index is -1.45. The molecular weight excluding hydrogens is 241 g/mol.